The summed E-state index contributed by atoms with van der Waals surface area (Å²) in [4.78, 5) is 27.6. The van der Waals surface area contributed by atoms with Crippen LogP contribution in [0.1, 0.15) is 22.5 Å². The summed E-state index contributed by atoms with van der Waals surface area (Å²) in [6.07, 6.45) is 0.542. The van der Waals surface area contributed by atoms with Gasteiger partial charge in [0.15, 0.2) is 11.5 Å². The summed E-state index contributed by atoms with van der Waals surface area (Å²) in [7, 11) is 1.40. The molecule has 0 atom stereocenters. The lowest BCUT2D eigenvalue weighted by molar-refractivity contribution is -0.385. The topological polar surface area (TPSA) is 113 Å². The van der Waals surface area contributed by atoms with E-state index in [1.54, 1.807) is 5.51 Å². The van der Waals surface area contributed by atoms with Crippen LogP contribution in [0.2, 0.25) is 0 Å². The molecule has 0 aliphatic rings. The molecule has 2 aromatic carbocycles. The Bertz CT molecular complexity index is 1010. The number of para-hydroxylation sites is 1. The molecule has 1 aromatic heterocycles. The molecule has 0 unspecified atom stereocenters. The van der Waals surface area contributed by atoms with E-state index in [1.165, 1.54) is 30.6 Å². The largest absolute Gasteiger partial charge is 0.494 e. The minimum absolute atomic E-state index is 0.105. The van der Waals surface area contributed by atoms with Crippen LogP contribution >= 0.6 is 11.3 Å². The lowest BCUT2D eigenvalue weighted by atomic mass is 10.1. The second-order valence-electron chi connectivity index (χ2n) is 6.32. The minimum Gasteiger partial charge on any atom is -0.494 e. The highest BCUT2D eigenvalue weighted by molar-refractivity contribution is 7.07. The molecule has 162 valence electrons. The third-order valence-corrected chi connectivity index (χ3v) is 4.84. The average Bonchev–Trinajstić information content (AvgIpc) is 3.31. The lowest BCUT2D eigenvalue weighted by Gasteiger charge is -2.12. The molecule has 0 fully saturated rings. The predicted octanol–water partition coefficient (Wildman–Crippen LogP) is 3.84. The fourth-order valence-corrected chi connectivity index (χ4v) is 3.23. The zero-order valence-electron chi connectivity index (χ0n) is 16.8. The smallest absolute Gasteiger partial charge is 0.286 e. The van der Waals surface area contributed by atoms with Crippen molar-refractivity contribution in [2.75, 3.05) is 20.3 Å². The third kappa shape index (κ3) is 6.16. The number of rotatable bonds is 11. The molecule has 0 spiro atoms. The van der Waals surface area contributed by atoms with E-state index in [0.717, 1.165) is 5.75 Å². The Hall–Kier alpha value is -3.66. The number of nitro groups is 1. The molecule has 0 aliphatic heterocycles. The molecule has 3 rings (SSSR count). The summed E-state index contributed by atoms with van der Waals surface area (Å²) in [6.45, 7) is 0.830. The summed E-state index contributed by atoms with van der Waals surface area (Å²) in [5, 5.41) is 16.0. The Morgan fingerprint density at radius 2 is 2.00 bits per heavy atom. The summed E-state index contributed by atoms with van der Waals surface area (Å²) in [5.41, 5.74) is 1.88. The number of ether oxygens (including phenoxy) is 3. The third-order valence-electron chi connectivity index (χ3n) is 4.20. The summed E-state index contributed by atoms with van der Waals surface area (Å²) in [5.74, 6) is 0.548. The number of carbonyl (C=O) groups is 1. The summed E-state index contributed by atoms with van der Waals surface area (Å²) >= 11 is 1.42. The maximum Gasteiger partial charge on any atom is 0.286 e. The lowest BCUT2D eigenvalue weighted by Crippen LogP contribution is -2.26. The van der Waals surface area contributed by atoms with E-state index < -0.39 is 10.8 Å². The van der Waals surface area contributed by atoms with Gasteiger partial charge in [-0.1, -0.05) is 18.2 Å². The Kier molecular flexibility index (Phi) is 7.77. The number of hydrogen-bond acceptors (Lipinski definition) is 8. The van der Waals surface area contributed by atoms with Crippen molar-refractivity contribution in [2.45, 2.75) is 13.0 Å². The molecule has 31 heavy (non-hydrogen) atoms. The first-order chi connectivity index (χ1) is 15.1. The van der Waals surface area contributed by atoms with Gasteiger partial charge in [0.25, 0.3) is 11.6 Å². The van der Waals surface area contributed by atoms with E-state index in [1.807, 2.05) is 35.7 Å². The maximum atomic E-state index is 12.6. The Morgan fingerprint density at radius 1 is 1.19 bits per heavy atom. The van der Waals surface area contributed by atoms with E-state index in [0.29, 0.717) is 25.3 Å². The van der Waals surface area contributed by atoms with Gasteiger partial charge in [-0.15, -0.1) is 11.3 Å². The van der Waals surface area contributed by atoms with Gasteiger partial charge >= 0.3 is 0 Å². The van der Waals surface area contributed by atoms with Crippen molar-refractivity contribution < 1.29 is 23.9 Å². The molecule has 0 radical (unpaired) electrons. The van der Waals surface area contributed by atoms with Gasteiger partial charge in [0, 0.05) is 18.0 Å². The van der Waals surface area contributed by atoms with Crippen LogP contribution in [0, 0.1) is 10.1 Å². The first-order valence-corrected chi connectivity index (χ1v) is 10.3. The fourth-order valence-electron chi connectivity index (χ4n) is 2.69. The number of aromatic nitrogens is 1. The monoisotopic (exact) mass is 443 g/mol. The van der Waals surface area contributed by atoms with Crippen molar-refractivity contribution in [1.29, 1.82) is 0 Å². The molecular formula is C21H21N3O6S. The van der Waals surface area contributed by atoms with E-state index >= 15 is 0 Å². The number of benzene rings is 2. The number of carbonyl (C=O) groups excluding carboxylic acids is 1. The van der Waals surface area contributed by atoms with Crippen LogP contribution in [0.15, 0.2) is 53.4 Å². The second-order valence-corrected chi connectivity index (χ2v) is 7.04. The van der Waals surface area contributed by atoms with Crippen molar-refractivity contribution in [3.8, 4) is 17.2 Å². The van der Waals surface area contributed by atoms with Gasteiger partial charge in [0.05, 0.1) is 35.9 Å². The van der Waals surface area contributed by atoms with Crippen molar-refractivity contribution in [3.05, 3.63) is 74.7 Å². The zero-order valence-corrected chi connectivity index (χ0v) is 17.6. The highest BCUT2D eigenvalue weighted by atomic mass is 32.1. The van der Waals surface area contributed by atoms with Gasteiger partial charge in [0.1, 0.15) is 17.9 Å². The molecule has 10 heteroatoms. The highest BCUT2D eigenvalue weighted by Crippen LogP contribution is 2.35. The van der Waals surface area contributed by atoms with Gasteiger partial charge in [0.2, 0.25) is 0 Å². The minimum atomic E-state index is -0.622. The molecule has 0 bridgehead atoms. The zero-order chi connectivity index (χ0) is 22.1. The SMILES string of the molecule is COc1cc(C(=O)NCCCOc2ccccc2)c([N+](=O)[O-])cc1OCc1cscn1. The molecule has 0 aliphatic carbocycles. The summed E-state index contributed by atoms with van der Waals surface area (Å²) in [6, 6.07) is 11.8. The van der Waals surface area contributed by atoms with Crippen LogP contribution in [0.25, 0.3) is 0 Å². The van der Waals surface area contributed by atoms with Gasteiger partial charge in [-0.05, 0) is 18.6 Å². The van der Waals surface area contributed by atoms with Crippen molar-refractivity contribution in [2.24, 2.45) is 0 Å². The van der Waals surface area contributed by atoms with E-state index in [9.17, 15) is 14.9 Å². The number of amides is 1. The maximum absolute atomic E-state index is 12.6. The van der Waals surface area contributed by atoms with Gasteiger partial charge in [-0.25, -0.2) is 4.98 Å². The normalized spacial score (nSPS) is 10.4. The standard InChI is InChI=1S/C21H21N3O6S/c1-28-19-10-17(21(25)22-8-5-9-29-16-6-3-2-4-7-16)18(24(26)27)11-20(19)30-12-15-13-31-14-23-15/h2-4,6-7,10-11,13-14H,5,8-9,12H2,1H3,(H,22,25). The van der Waals surface area contributed by atoms with Crippen LogP contribution in [0.3, 0.4) is 0 Å². The second kappa shape index (κ2) is 10.9. The number of hydrogen-bond donors (Lipinski definition) is 1. The van der Waals surface area contributed by atoms with Crippen LogP contribution in [-0.4, -0.2) is 36.1 Å². The number of thiazole rings is 1. The number of nitrogens with zero attached hydrogens (tertiary/aromatic N) is 2. The van der Waals surface area contributed by atoms with Gasteiger partial charge in [-0.2, -0.15) is 0 Å². The molecular weight excluding hydrogens is 422 g/mol. The van der Waals surface area contributed by atoms with Crippen molar-refractivity contribution in [1.82, 2.24) is 10.3 Å². The van der Waals surface area contributed by atoms with Crippen LogP contribution in [-0.2, 0) is 6.61 Å². The first kappa shape index (κ1) is 22.0. The molecule has 3 aromatic rings. The highest BCUT2D eigenvalue weighted by Gasteiger charge is 2.24. The van der Waals surface area contributed by atoms with Gasteiger partial charge in [-0.3, -0.25) is 14.9 Å². The van der Waals surface area contributed by atoms with Crippen molar-refractivity contribution >= 4 is 22.9 Å². The average molecular weight is 443 g/mol. The first-order valence-electron chi connectivity index (χ1n) is 9.41. The predicted molar refractivity (Wildman–Crippen MR) is 115 cm³/mol. The van der Waals surface area contributed by atoms with Crippen LogP contribution in [0.4, 0.5) is 5.69 Å². The number of nitro benzene ring substituents is 1. The van der Waals surface area contributed by atoms with E-state index in [4.69, 9.17) is 14.2 Å². The Labute approximate surface area is 182 Å². The molecule has 1 heterocycles. The number of nitrogens with one attached hydrogen (secondary N) is 1. The Balaban J connectivity index is 1.62. The number of methoxy groups -OCH3 is 1. The van der Waals surface area contributed by atoms with Crippen LogP contribution < -0.4 is 19.5 Å². The molecule has 1 amide bonds. The molecule has 9 nitrogen and oxygen atoms in total. The molecule has 0 saturated heterocycles. The summed E-state index contributed by atoms with van der Waals surface area (Å²) < 4.78 is 16.5. The quantitative estimate of drug-likeness (QED) is 0.272. The van der Waals surface area contributed by atoms with Gasteiger partial charge < -0.3 is 19.5 Å². The van der Waals surface area contributed by atoms with Crippen molar-refractivity contribution in [3.63, 3.8) is 0 Å². The van der Waals surface area contributed by atoms with E-state index in [2.05, 4.69) is 10.3 Å². The van der Waals surface area contributed by atoms with Crippen LogP contribution in [0.5, 0.6) is 17.2 Å². The molecule has 0 saturated carbocycles. The molecule has 1 N–H and O–H groups in total. The van der Waals surface area contributed by atoms with E-state index in [-0.39, 0.29) is 29.4 Å². The Morgan fingerprint density at radius 3 is 2.68 bits per heavy atom. The fraction of sp³-hybridized carbons (Fsp3) is 0.238.